The first-order chi connectivity index (χ1) is 8.44. The number of carbonyl (C=O) groups is 1. The van der Waals surface area contributed by atoms with Crippen LogP contribution in [-0.2, 0) is 4.79 Å². The first kappa shape index (κ1) is 15.4. The van der Waals surface area contributed by atoms with Crippen molar-refractivity contribution < 1.29 is 4.79 Å². The lowest BCUT2D eigenvalue weighted by Gasteiger charge is -2.35. The van der Waals surface area contributed by atoms with Gasteiger partial charge in [0.1, 0.15) is 0 Å². The molecule has 2 unspecified atom stereocenters. The summed E-state index contributed by atoms with van der Waals surface area (Å²) in [7, 11) is 0. The molecule has 2 atom stereocenters. The molecule has 1 amide bonds. The van der Waals surface area contributed by atoms with Gasteiger partial charge in [0.25, 0.3) is 0 Å². The van der Waals surface area contributed by atoms with Crippen molar-refractivity contribution in [2.75, 3.05) is 13.1 Å². The van der Waals surface area contributed by atoms with Gasteiger partial charge in [-0.25, -0.2) is 0 Å². The molecule has 1 aliphatic carbocycles. The van der Waals surface area contributed by atoms with Crippen molar-refractivity contribution in [1.82, 2.24) is 10.2 Å². The minimum atomic E-state index is -0.586. The molecule has 106 valence electrons. The molecule has 3 N–H and O–H groups in total. The highest BCUT2D eigenvalue weighted by Crippen LogP contribution is 2.30. The molecule has 0 saturated heterocycles. The van der Waals surface area contributed by atoms with Crippen LogP contribution in [-0.4, -0.2) is 41.5 Å². The van der Waals surface area contributed by atoms with Crippen LogP contribution in [0.3, 0.4) is 0 Å². The van der Waals surface area contributed by atoms with Gasteiger partial charge >= 0.3 is 0 Å². The predicted octanol–water partition coefficient (Wildman–Crippen LogP) is 1.49. The molecule has 0 aromatic heterocycles. The van der Waals surface area contributed by atoms with E-state index < -0.39 is 5.54 Å². The fourth-order valence-electron chi connectivity index (χ4n) is 2.70. The lowest BCUT2D eigenvalue weighted by atomic mass is 9.91. The van der Waals surface area contributed by atoms with Crippen LogP contribution in [0.1, 0.15) is 53.4 Å². The van der Waals surface area contributed by atoms with Crippen LogP contribution in [0.5, 0.6) is 0 Å². The van der Waals surface area contributed by atoms with Crippen LogP contribution in [0.2, 0.25) is 0 Å². The van der Waals surface area contributed by atoms with Crippen molar-refractivity contribution in [2.24, 2.45) is 5.73 Å². The Morgan fingerprint density at radius 1 is 1.50 bits per heavy atom. The molecule has 1 aliphatic rings. The molecule has 0 spiro atoms. The Balaban J connectivity index is 2.60. The van der Waals surface area contributed by atoms with E-state index in [2.05, 4.69) is 31.0 Å². The number of nitrogens with two attached hydrogens (primary N) is 1. The first-order valence-corrected chi connectivity index (χ1v) is 7.25. The maximum atomic E-state index is 11.7. The van der Waals surface area contributed by atoms with Crippen molar-refractivity contribution in [3.05, 3.63) is 0 Å². The van der Waals surface area contributed by atoms with E-state index in [9.17, 15) is 4.79 Å². The lowest BCUT2D eigenvalue weighted by molar-refractivity contribution is -0.124. The second-order valence-corrected chi connectivity index (χ2v) is 5.74. The summed E-state index contributed by atoms with van der Waals surface area (Å²) in [5.41, 5.74) is 4.99. The average Bonchev–Trinajstić information content (AvgIpc) is 3.11. The van der Waals surface area contributed by atoms with Gasteiger partial charge in [0.15, 0.2) is 0 Å². The number of amides is 1. The van der Waals surface area contributed by atoms with Gasteiger partial charge in [-0.3, -0.25) is 9.69 Å². The Bertz CT molecular complexity index is 278. The Labute approximate surface area is 111 Å². The Kier molecular flexibility index (Phi) is 5.60. The van der Waals surface area contributed by atoms with Gasteiger partial charge in [-0.15, -0.1) is 0 Å². The summed E-state index contributed by atoms with van der Waals surface area (Å²) in [6.45, 7) is 10.3. The summed E-state index contributed by atoms with van der Waals surface area (Å²) in [5.74, 6) is -0.241. The third-order valence-corrected chi connectivity index (χ3v) is 3.96. The maximum absolute atomic E-state index is 11.7. The third kappa shape index (κ3) is 3.95. The standard InChI is InChI=1S/C14H29N3O/c1-5-9-16-14(4,13(15)18)10-11(3)17(6-2)12-7-8-12/h11-12,16H,5-10H2,1-4H3,(H2,15,18). The van der Waals surface area contributed by atoms with E-state index in [1.54, 1.807) is 0 Å². The Hall–Kier alpha value is -0.610. The first-order valence-electron chi connectivity index (χ1n) is 7.25. The van der Waals surface area contributed by atoms with Gasteiger partial charge in [-0.1, -0.05) is 13.8 Å². The molecular formula is C14H29N3O. The van der Waals surface area contributed by atoms with Crippen LogP contribution < -0.4 is 11.1 Å². The molecule has 18 heavy (non-hydrogen) atoms. The van der Waals surface area contributed by atoms with Crippen LogP contribution in [0.15, 0.2) is 0 Å². The van der Waals surface area contributed by atoms with E-state index in [-0.39, 0.29) is 5.91 Å². The number of hydrogen-bond donors (Lipinski definition) is 2. The second kappa shape index (κ2) is 6.53. The van der Waals surface area contributed by atoms with Gasteiger partial charge in [-0.05, 0) is 52.6 Å². The minimum Gasteiger partial charge on any atom is -0.368 e. The molecule has 1 fully saturated rings. The summed E-state index contributed by atoms with van der Waals surface area (Å²) >= 11 is 0. The SMILES string of the molecule is CCCNC(C)(CC(C)N(CC)C1CC1)C(N)=O. The number of carbonyl (C=O) groups excluding carboxylic acids is 1. The zero-order valence-electron chi connectivity index (χ0n) is 12.3. The topological polar surface area (TPSA) is 58.4 Å². The average molecular weight is 255 g/mol. The largest absolute Gasteiger partial charge is 0.368 e. The van der Waals surface area contributed by atoms with Gasteiger partial charge in [-0.2, -0.15) is 0 Å². The third-order valence-electron chi connectivity index (χ3n) is 3.96. The number of rotatable bonds is 9. The molecule has 4 heteroatoms. The number of nitrogens with zero attached hydrogens (tertiary/aromatic N) is 1. The van der Waals surface area contributed by atoms with Crippen molar-refractivity contribution in [1.29, 1.82) is 0 Å². The fraction of sp³-hybridized carbons (Fsp3) is 0.929. The molecular weight excluding hydrogens is 226 g/mol. The highest BCUT2D eigenvalue weighted by atomic mass is 16.1. The van der Waals surface area contributed by atoms with E-state index in [0.29, 0.717) is 6.04 Å². The summed E-state index contributed by atoms with van der Waals surface area (Å²) in [4.78, 5) is 14.2. The van der Waals surface area contributed by atoms with Gasteiger partial charge in [0.05, 0.1) is 5.54 Å². The van der Waals surface area contributed by atoms with E-state index in [1.807, 2.05) is 6.92 Å². The highest BCUT2D eigenvalue weighted by Gasteiger charge is 2.37. The molecule has 1 rings (SSSR count). The second-order valence-electron chi connectivity index (χ2n) is 5.74. The molecule has 0 aromatic rings. The Morgan fingerprint density at radius 3 is 2.50 bits per heavy atom. The van der Waals surface area contributed by atoms with Crippen molar-refractivity contribution in [3.8, 4) is 0 Å². The molecule has 0 bridgehead atoms. The maximum Gasteiger partial charge on any atom is 0.237 e. The lowest BCUT2D eigenvalue weighted by Crippen LogP contribution is -2.56. The summed E-state index contributed by atoms with van der Waals surface area (Å²) in [6, 6.07) is 1.12. The number of nitrogens with one attached hydrogen (secondary N) is 1. The van der Waals surface area contributed by atoms with E-state index in [1.165, 1.54) is 12.8 Å². The summed E-state index contributed by atoms with van der Waals surface area (Å²) in [6.07, 6.45) is 4.39. The molecule has 0 aromatic carbocycles. The van der Waals surface area contributed by atoms with Crippen LogP contribution >= 0.6 is 0 Å². The summed E-state index contributed by atoms with van der Waals surface area (Å²) in [5, 5.41) is 3.31. The van der Waals surface area contributed by atoms with Crippen LogP contribution in [0, 0.1) is 0 Å². The van der Waals surface area contributed by atoms with E-state index in [4.69, 9.17) is 5.73 Å². The van der Waals surface area contributed by atoms with Gasteiger partial charge in [0.2, 0.25) is 5.91 Å². The zero-order chi connectivity index (χ0) is 13.8. The fourth-order valence-corrected chi connectivity index (χ4v) is 2.70. The Morgan fingerprint density at radius 2 is 2.11 bits per heavy atom. The highest BCUT2D eigenvalue weighted by molar-refractivity contribution is 5.84. The van der Waals surface area contributed by atoms with Gasteiger partial charge < -0.3 is 11.1 Å². The minimum absolute atomic E-state index is 0.241. The molecule has 0 aliphatic heterocycles. The monoisotopic (exact) mass is 255 g/mol. The molecule has 4 nitrogen and oxygen atoms in total. The van der Waals surface area contributed by atoms with E-state index in [0.717, 1.165) is 32.0 Å². The van der Waals surface area contributed by atoms with Crippen molar-refractivity contribution in [3.63, 3.8) is 0 Å². The van der Waals surface area contributed by atoms with Crippen molar-refractivity contribution in [2.45, 2.75) is 71.0 Å². The van der Waals surface area contributed by atoms with Crippen molar-refractivity contribution >= 4 is 5.91 Å². The van der Waals surface area contributed by atoms with Crippen LogP contribution in [0.4, 0.5) is 0 Å². The number of primary amides is 1. The quantitative estimate of drug-likeness (QED) is 0.656. The molecule has 0 heterocycles. The smallest absolute Gasteiger partial charge is 0.237 e. The van der Waals surface area contributed by atoms with Crippen LogP contribution in [0.25, 0.3) is 0 Å². The number of hydrogen-bond acceptors (Lipinski definition) is 3. The molecule has 0 radical (unpaired) electrons. The van der Waals surface area contributed by atoms with E-state index >= 15 is 0 Å². The predicted molar refractivity (Wildman–Crippen MR) is 75.4 cm³/mol. The zero-order valence-corrected chi connectivity index (χ0v) is 12.3. The molecule has 1 saturated carbocycles. The normalized spacial score (nSPS) is 20.7. The van der Waals surface area contributed by atoms with Gasteiger partial charge in [0, 0.05) is 12.1 Å². The summed E-state index contributed by atoms with van der Waals surface area (Å²) < 4.78 is 0.